The van der Waals surface area contributed by atoms with Gasteiger partial charge >= 0.3 is 11.5 Å². The Balaban J connectivity index is 3.01. The summed E-state index contributed by atoms with van der Waals surface area (Å²) in [6, 6.07) is 2.28. The van der Waals surface area contributed by atoms with E-state index in [0.717, 1.165) is 19.2 Å². The van der Waals surface area contributed by atoms with E-state index >= 15 is 0 Å². The average Bonchev–Trinajstić information content (AvgIpc) is 2.50. The first kappa shape index (κ1) is 19.9. The summed E-state index contributed by atoms with van der Waals surface area (Å²) >= 11 is 0. The zero-order chi connectivity index (χ0) is 18.7. The highest BCUT2D eigenvalue weighted by molar-refractivity contribution is 7.92. The number of rotatable bonds is 5. The Bertz CT molecular complexity index is 711. The van der Waals surface area contributed by atoms with Crippen LogP contribution < -0.4 is 5.32 Å². The Labute approximate surface area is 136 Å². The molecule has 0 saturated heterocycles. The van der Waals surface area contributed by atoms with Crippen LogP contribution >= 0.6 is 0 Å². The Hall–Kier alpha value is -2.10. The molecule has 10 heteroatoms. The minimum Gasteiger partial charge on any atom is -0.467 e. The first-order valence-electron chi connectivity index (χ1n) is 6.72. The molecule has 1 rings (SSSR count). The standard InChI is InChI=1S/C14H16F3NO5S/c1-8(2)11(13(20)23-3)18-12(19)9-4-6-10(7-5-9)24(21,22)14(15,16)17/h4-8,11H,1-3H3,(H,18,19)/t11-/m0/s1. The molecule has 1 atom stereocenters. The summed E-state index contributed by atoms with van der Waals surface area (Å²) in [5.74, 6) is -1.70. The maximum atomic E-state index is 12.4. The number of halogens is 3. The van der Waals surface area contributed by atoms with Crippen molar-refractivity contribution in [2.24, 2.45) is 5.92 Å². The van der Waals surface area contributed by atoms with Gasteiger partial charge in [-0.1, -0.05) is 13.8 Å². The van der Waals surface area contributed by atoms with Crippen molar-refractivity contribution < 1.29 is 35.9 Å². The number of benzene rings is 1. The van der Waals surface area contributed by atoms with Crippen molar-refractivity contribution in [3.05, 3.63) is 29.8 Å². The fourth-order valence-corrected chi connectivity index (χ4v) is 2.53. The van der Waals surface area contributed by atoms with Crippen molar-refractivity contribution in [2.45, 2.75) is 30.3 Å². The van der Waals surface area contributed by atoms with Crippen LogP contribution in [0.5, 0.6) is 0 Å². The summed E-state index contributed by atoms with van der Waals surface area (Å²) < 4.78 is 64.4. The predicted molar refractivity (Wildman–Crippen MR) is 77.8 cm³/mol. The van der Waals surface area contributed by atoms with Gasteiger partial charge in [-0.05, 0) is 30.2 Å². The minimum absolute atomic E-state index is 0.0920. The van der Waals surface area contributed by atoms with Crippen LogP contribution in [0.4, 0.5) is 13.2 Å². The monoisotopic (exact) mass is 367 g/mol. The van der Waals surface area contributed by atoms with E-state index in [9.17, 15) is 31.2 Å². The zero-order valence-corrected chi connectivity index (χ0v) is 13.9. The molecule has 1 aromatic rings. The molecule has 134 valence electrons. The SMILES string of the molecule is COC(=O)[C@@H](NC(=O)c1ccc(S(=O)(=O)C(F)(F)F)cc1)C(C)C. The fraction of sp³-hybridized carbons (Fsp3) is 0.429. The van der Waals surface area contributed by atoms with Gasteiger partial charge in [-0.2, -0.15) is 13.2 Å². The Morgan fingerprint density at radius 3 is 2.00 bits per heavy atom. The van der Waals surface area contributed by atoms with Crippen LogP contribution in [0.1, 0.15) is 24.2 Å². The Morgan fingerprint density at radius 1 is 1.12 bits per heavy atom. The third-order valence-electron chi connectivity index (χ3n) is 3.14. The minimum atomic E-state index is -5.48. The molecule has 0 heterocycles. The van der Waals surface area contributed by atoms with E-state index < -0.39 is 38.2 Å². The van der Waals surface area contributed by atoms with E-state index in [0.29, 0.717) is 12.1 Å². The number of hydrogen-bond donors (Lipinski definition) is 1. The van der Waals surface area contributed by atoms with E-state index in [2.05, 4.69) is 10.1 Å². The van der Waals surface area contributed by atoms with Crippen LogP contribution in [0, 0.1) is 5.92 Å². The number of esters is 1. The quantitative estimate of drug-likeness (QED) is 0.803. The molecule has 0 spiro atoms. The molecule has 0 bridgehead atoms. The van der Waals surface area contributed by atoms with Crippen LogP contribution in [-0.4, -0.2) is 39.0 Å². The molecule has 0 aliphatic rings. The highest BCUT2D eigenvalue weighted by atomic mass is 32.2. The van der Waals surface area contributed by atoms with Gasteiger partial charge in [0, 0.05) is 5.56 Å². The van der Waals surface area contributed by atoms with Crippen LogP contribution in [-0.2, 0) is 19.4 Å². The van der Waals surface area contributed by atoms with E-state index in [1.807, 2.05) is 0 Å². The molecular weight excluding hydrogens is 351 g/mol. The lowest BCUT2D eigenvalue weighted by Crippen LogP contribution is -2.45. The number of ether oxygens (including phenoxy) is 1. The van der Waals surface area contributed by atoms with Crippen LogP contribution in [0.2, 0.25) is 0 Å². The van der Waals surface area contributed by atoms with Gasteiger partial charge in [-0.25, -0.2) is 13.2 Å². The topological polar surface area (TPSA) is 89.5 Å². The van der Waals surface area contributed by atoms with Gasteiger partial charge in [-0.15, -0.1) is 0 Å². The number of methoxy groups -OCH3 is 1. The number of sulfone groups is 1. The van der Waals surface area contributed by atoms with Gasteiger partial charge in [0.2, 0.25) is 0 Å². The lowest BCUT2D eigenvalue weighted by molar-refractivity contribution is -0.144. The first-order chi connectivity index (χ1) is 10.9. The number of alkyl halides is 3. The first-order valence-corrected chi connectivity index (χ1v) is 8.20. The lowest BCUT2D eigenvalue weighted by atomic mass is 10.0. The number of carbonyl (C=O) groups excluding carboxylic acids is 2. The molecule has 0 aliphatic heterocycles. The van der Waals surface area contributed by atoms with E-state index in [1.165, 1.54) is 0 Å². The van der Waals surface area contributed by atoms with Crippen LogP contribution in [0.3, 0.4) is 0 Å². The molecule has 0 aliphatic carbocycles. The van der Waals surface area contributed by atoms with Crippen molar-refractivity contribution >= 4 is 21.7 Å². The number of amides is 1. The van der Waals surface area contributed by atoms with Crippen molar-refractivity contribution in [1.29, 1.82) is 0 Å². The van der Waals surface area contributed by atoms with Crippen molar-refractivity contribution in [1.82, 2.24) is 5.32 Å². The molecule has 1 aromatic carbocycles. The molecule has 0 saturated carbocycles. The van der Waals surface area contributed by atoms with Crippen LogP contribution in [0.15, 0.2) is 29.2 Å². The van der Waals surface area contributed by atoms with Gasteiger partial charge < -0.3 is 10.1 Å². The molecule has 0 unspecified atom stereocenters. The number of hydrogen-bond acceptors (Lipinski definition) is 5. The largest absolute Gasteiger partial charge is 0.501 e. The van der Waals surface area contributed by atoms with Gasteiger partial charge in [0.1, 0.15) is 6.04 Å². The number of carbonyl (C=O) groups is 2. The normalized spacial score (nSPS) is 13.5. The summed E-state index contributed by atoms with van der Waals surface area (Å²) in [5, 5.41) is 2.39. The van der Waals surface area contributed by atoms with Crippen molar-refractivity contribution in [3.8, 4) is 0 Å². The zero-order valence-electron chi connectivity index (χ0n) is 13.0. The van der Waals surface area contributed by atoms with E-state index in [1.54, 1.807) is 13.8 Å². The maximum absolute atomic E-state index is 12.4. The summed E-state index contributed by atoms with van der Waals surface area (Å²) in [7, 11) is -4.33. The van der Waals surface area contributed by atoms with Crippen molar-refractivity contribution in [3.63, 3.8) is 0 Å². The average molecular weight is 367 g/mol. The molecule has 1 N–H and O–H groups in total. The molecule has 0 radical (unpaired) electrons. The van der Waals surface area contributed by atoms with Gasteiger partial charge in [0.05, 0.1) is 12.0 Å². The summed E-state index contributed by atoms with van der Waals surface area (Å²) in [4.78, 5) is 22.6. The lowest BCUT2D eigenvalue weighted by Gasteiger charge is -2.19. The van der Waals surface area contributed by atoms with Gasteiger partial charge in [-0.3, -0.25) is 4.79 Å². The second kappa shape index (κ2) is 7.20. The second-order valence-electron chi connectivity index (χ2n) is 5.19. The Morgan fingerprint density at radius 2 is 1.62 bits per heavy atom. The highest BCUT2D eigenvalue weighted by Gasteiger charge is 2.46. The molecule has 6 nitrogen and oxygen atoms in total. The molecule has 0 aromatic heterocycles. The summed E-state index contributed by atoms with van der Waals surface area (Å²) in [6.07, 6.45) is 0. The van der Waals surface area contributed by atoms with Crippen molar-refractivity contribution in [2.75, 3.05) is 7.11 Å². The fourth-order valence-electron chi connectivity index (χ4n) is 1.77. The summed E-state index contributed by atoms with van der Waals surface area (Å²) in [5.41, 5.74) is -5.52. The van der Waals surface area contributed by atoms with Gasteiger partial charge in [0.15, 0.2) is 0 Å². The molecule has 1 amide bonds. The third kappa shape index (κ3) is 4.25. The Kier molecular flexibility index (Phi) is 5.99. The molecule has 0 fully saturated rings. The third-order valence-corrected chi connectivity index (χ3v) is 4.64. The molecular formula is C14H16F3NO5S. The van der Waals surface area contributed by atoms with Gasteiger partial charge in [0.25, 0.3) is 15.7 Å². The van der Waals surface area contributed by atoms with E-state index in [4.69, 9.17) is 0 Å². The summed E-state index contributed by atoms with van der Waals surface area (Å²) in [6.45, 7) is 3.34. The maximum Gasteiger partial charge on any atom is 0.501 e. The van der Waals surface area contributed by atoms with Crippen LogP contribution in [0.25, 0.3) is 0 Å². The predicted octanol–water partition coefficient (Wildman–Crippen LogP) is 1.91. The molecule has 24 heavy (non-hydrogen) atoms. The number of nitrogens with one attached hydrogen (secondary N) is 1. The van der Waals surface area contributed by atoms with E-state index in [-0.39, 0.29) is 11.5 Å². The second-order valence-corrected chi connectivity index (χ2v) is 7.13. The highest BCUT2D eigenvalue weighted by Crippen LogP contribution is 2.30. The smallest absolute Gasteiger partial charge is 0.467 e.